The topological polar surface area (TPSA) is 69.3 Å². The summed E-state index contributed by atoms with van der Waals surface area (Å²) in [6, 6.07) is 3.59. The second kappa shape index (κ2) is 5.96. The lowest BCUT2D eigenvalue weighted by molar-refractivity contribution is 0.0933. The molecule has 1 amide bonds. The Morgan fingerprint density at radius 3 is 2.95 bits per heavy atom. The molecule has 0 spiro atoms. The summed E-state index contributed by atoms with van der Waals surface area (Å²) in [7, 11) is 1.83. The van der Waals surface area contributed by atoms with Crippen molar-refractivity contribution in [2.24, 2.45) is 7.05 Å². The second-order valence-electron chi connectivity index (χ2n) is 5.81. The van der Waals surface area contributed by atoms with E-state index in [4.69, 9.17) is 9.15 Å². The van der Waals surface area contributed by atoms with Crippen LogP contribution >= 0.6 is 0 Å². The fourth-order valence-corrected chi connectivity index (χ4v) is 2.76. The van der Waals surface area contributed by atoms with Crippen molar-refractivity contribution in [3.63, 3.8) is 0 Å². The van der Waals surface area contributed by atoms with Crippen LogP contribution in [0.5, 0.6) is 0 Å². The molecule has 6 heteroatoms. The molecular formula is C16H21N3O3. The van der Waals surface area contributed by atoms with Gasteiger partial charge in [-0.25, -0.2) is 0 Å². The Morgan fingerprint density at radius 2 is 2.32 bits per heavy atom. The first-order valence-corrected chi connectivity index (χ1v) is 7.53. The minimum atomic E-state index is -0.186. The summed E-state index contributed by atoms with van der Waals surface area (Å²) in [6.45, 7) is 5.15. The van der Waals surface area contributed by atoms with Crippen LogP contribution in [0, 0.1) is 6.92 Å². The molecule has 22 heavy (non-hydrogen) atoms. The smallest absolute Gasteiger partial charge is 0.255 e. The lowest BCUT2D eigenvalue weighted by atomic mass is 10.0. The van der Waals surface area contributed by atoms with Crippen LogP contribution in [0.4, 0.5) is 0 Å². The second-order valence-corrected chi connectivity index (χ2v) is 5.81. The number of ether oxygens (including phenoxy) is 1. The van der Waals surface area contributed by atoms with Gasteiger partial charge in [-0.05, 0) is 32.4 Å². The number of hydrogen-bond donors (Lipinski definition) is 1. The molecule has 1 N–H and O–H groups in total. The normalized spacial score (nSPS) is 19.3. The molecule has 0 aliphatic carbocycles. The van der Waals surface area contributed by atoms with Crippen LogP contribution in [-0.4, -0.2) is 28.9 Å². The molecule has 0 aromatic carbocycles. The molecule has 0 bridgehead atoms. The average Bonchev–Trinajstić information content (AvgIpc) is 3.17. The monoisotopic (exact) mass is 303 g/mol. The Morgan fingerprint density at radius 1 is 1.50 bits per heavy atom. The highest BCUT2D eigenvalue weighted by Crippen LogP contribution is 2.27. The van der Waals surface area contributed by atoms with E-state index >= 15 is 0 Å². The molecule has 2 aromatic heterocycles. The van der Waals surface area contributed by atoms with E-state index in [9.17, 15) is 4.79 Å². The molecular weight excluding hydrogens is 282 g/mol. The number of aromatic nitrogens is 2. The predicted octanol–water partition coefficient (Wildman–Crippen LogP) is 2.32. The molecule has 118 valence electrons. The SMILES string of the molecule is Cc1ccc([C@@H](C)NC(=O)c2cn(C)nc2[C@@H]2CCOC2)o1. The first-order chi connectivity index (χ1) is 10.5. The summed E-state index contributed by atoms with van der Waals surface area (Å²) in [6.07, 6.45) is 2.67. The van der Waals surface area contributed by atoms with Crippen molar-refractivity contribution >= 4 is 5.91 Å². The molecule has 1 aliphatic heterocycles. The van der Waals surface area contributed by atoms with E-state index in [2.05, 4.69) is 10.4 Å². The number of aryl methyl sites for hydroxylation is 2. The summed E-state index contributed by atoms with van der Waals surface area (Å²) in [4.78, 5) is 12.6. The number of nitrogens with zero attached hydrogens (tertiary/aromatic N) is 2. The average molecular weight is 303 g/mol. The zero-order valence-electron chi connectivity index (χ0n) is 13.1. The van der Waals surface area contributed by atoms with Gasteiger partial charge < -0.3 is 14.5 Å². The maximum Gasteiger partial charge on any atom is 0.255 e. The standard InChI is InChI=1S/C16H21N3O3/c1-10-4-5-14(22-10)11(2)17-16(20)13-8-19(3)18-15(13)12-6-7-21-9-12/h4-5,8,11-12H,6-7,9H2,1-3H3,(H,17,20)/t11-,12-/m1/s1. The molecule has 0 radical (unpaired) electrons. The number of amides is 1. The number of rotatable bonds is 4. The minimum Gasteiger partial charge on any atom is -0.464 e. The summed E-state index contributed by atoms with van der Waals surface area (Å²) in [5, 5.41) is 7.43. The van der Waals surface area contributed by atoms with Crippen molar-refractivity contribution in [1.29, 1.82) is 0 Å². The number of carbonyl (C=O) groups is 1. The first-order valence-electron chi connectivity index (χ1n) is 7.53. The van der Waals surface area contributed by atoms with Gasteiger partial charge in [-0.1, -0.05) is 0 Å². The lowest BCUT2D eigenvalue weighted by Crippen LogP contribution is -2.27. The molecule has 6 nitrogen and oxygen atoms in total. The quantitative estimate of drug-likeness (QED) is 0.941. The van der Waals surface area contributed by atoms with E-state index in [-0.39, 0.29) is 17.9 Å². The lowest BCUT2D eigenvalue weighted by Gasteiger charge is -2.12. The van der Waals surface area contributed by atoms with Crippen LogP contribution in [0.1, 0.15) is 52.9 Å². The van der Waals surface area contributed by atoms with Gasteiger partial charge in [-0.2, -0.15) is 5.10 Å². The van der Waals surface area contributed by atoms with Crippen LogP contribution in [0.15, 0.2) is 22.7 Å². The maximum atomic E-state index is 12.6. The molecule has 3 heterocycles. The Labute approximate surface area is 129 Å². The van der Waals surface area contributed by atoms with Gasteiger partial charge in [0.05, 0.1) is 23.9 Å². The van der Waals surface area contributed by atoms with Crippen molar-refractivity contribution in [2.75, 3.05) is 13.2 Å². The zero-order chi connectivity index (χ0) is 15.7. The summed E-state index contributed by atoms with van der Waals surface area (Å²) in [5.74, 6) is 1.65. The van der Waals surface area contributed by atoms with Crippen LogP contribution in [0.25, 0.3) is 0 Å². The Balaban J connectivity index is 1.77. The van der Waals surface area contributed by atoms with Gasteiger partial charge in [0.15, 0.2) is 0 Å². The van der Waals surface area contributed by atoms with Crippen LogP contribution < -0.4 is 5.32 Å². The van der Waals surface area contributed by atoms with E-state index in [0.717, 1.165) is 30.2 Å². The maximum absolute atomic E-state index is 12.6. The third-order valence-electron chi connectivity index (χ3n) is 3.95. The van der Waals surface area contributed by atoms with Gasteiger partial charge in [0, 0.05) is 25.8 Å². The zero-order valence-corrected chi connectivity index (χ0v) is 13.1. The largest absolute Gasteiger partial charge is 0.464 e. The van der Waals surface area contributed by atoms with Gasteiger partial charge in [0.25, 0.3) is 5.91 Å². The van der Waals surface area contributed by atoms with Gasteiger partial charge in [-0.15, -0.1) is 0 Å². The number of furan rings is 1. The third-order valence-corrected chi connectivity index (χ3v) is 3.95. The highest BCUT2D eigenvalue weighted by atomic mass is 16.5. The molecule has 3 rings (SSSR count). The predicted molar refractivity (Wildman–Crippen MR) is 80.7 cm³/mol. The highest BCUT2D eigenvalue weighted by molar-refractivity contribution is 5.95. The van der Waals surface area contributed by atoms with E-state index < -0.39 is 0 Å². The molecule has 1 aliphatic rings. The fourth-order valence-electron chi connectivity index (χ4n) is 2.76. The van der Waals surface area contributed by atoms with E-state index in [1.165, 1.54) is 0 Å². The van der Waals surface area contributed by atoms with Gasteiger partial charge >= 0.3 is 0 Å². The van der Waals surface area contributed by atoms with E-state index in [1.807, 2.05) is 33.0 Å². The third kappa shape index (κ3) is 2.92. The molecule has 2 aromatic rings. The van der Waals surface area contributed by atoms with E-state index in [0.29, 0.717) is 12.2 Å². The molecule has 2 atom stereocenters. The minimum absolute atomic E-state index is 0.128. The number of hydrogen-bond acceptors (Lipinski definition) is 4. The van der Waals surface area contributed by atoms with Crippen molar-refractivity contribution < 1.29 is 13.9 Å². The Hall–Kier alpha value is -2.08. The molecule has 0 saturated carbocycles. The van der Waals surface area contributed by atoms with Gasteiger partial charge in [0.2, 0.25) is 0 Å². The van der Waals surface area contributed by atoms with Crippen LogP contribution in [0.2, 0.25) is 0 Å². The summed E-state index contributed by atoms with van der Waals surface area (Å²) in [5.41, 5.74) is 1.44. The van der Waals surface area contributed by atoms with Crippen molar-refractivity contribution in [1.82, 2.24) is 15.1 Å². The van der Waals surface area contributed by atoms with Crippen molar-refractivity contribution in [3.8, 4) is 0 Å². The van der Waals surface area contributed by atoms with Gasteiger partial charge in [-0.3, -0.25) is 9.48 Å². The Bertz CT molecular complexity index is 668. The highest BCUT2D eigenvalue weighted by Gasteiger charge is 2.27. The number of nitrogens with one attached hydrogen (secondary N) is 1. The van der Waals surface area contributed by atoms with Crippen molar-refractivity contribution in [3.05, 3.63) is 41.1 Å². The summed E-state index contributed by atoms with van der Waals surface area (Å²) < 4.78 is 12.7. The van der Waals surface area contributed by atoms with Crippen LogP contribution in [-0.2, 0) is 11.8 Å². The van der Waals surface area contributed by atoms with Gasteiger partial charge in [0.1, 0.15) is 11.5 Å². The van der Waals surface area contributed by atoms with Crippen molar-refractivity contribution in [2.45, 2.75) is 32.2 Å². The molecule has 1 fully saturated rings. The number of carbonyl (C=O) groups excluding carboxylic acids is 1. The molecule has 0 unspecified atom stereocenters. The Kier molecular flexibility index (Phi) is 4.02. The fraction of sp³-hybridized carbons (Fsp3) is 0.500. The summed E-state index contributed by atoms with van der Waals surface area (Å²) >= 11 is 0. The van der Waals surface area contributed by atoms with E-state index in [1.54, 1.807) is 10.9 Å². The van der Waals surface area contributed by atoms with Crippen LogP contribution in [0.3, 0.4) is 0 Å². The first kappa shape index (κ1) is 14.8. The molecule has 1 saturated heterocycles.